The molecule has 3 aromatic rings. The average Bonchev–Trinajstić information content (AvgIpc) is 2.86. The van der Waals surface area contributed by atoms with Crippen LogP contribution in [0.15, 0.2) is 45.1 Å². The lowest BCUT2D eigenvalue weighted by molar-refractivity contribution is 0.666. The molecule has 17 heavy (non-hydrogen) atoms. The fourth-order valence-corrected chi connectivity index (χ4v) is 3.12. The van der Waals surface area contributed by atoms with Crippen molar-refractivity contribution in [1.29, 1.82) is 0 Å². The van der Waals surface area contributed by atoms with Gasteiger partial charge in [-0.25, -0.2) is 9.48 Å². The largest absolute Gasteiger partial charge is 0.350 e. The van der Waals surface area contributed by atoms with E-state index in [1.165, 1.54) is 4.68 Å². The minimum Gasteiger partial charge on any atom is -0.250 e. The lowest BCUT2D eigenvalue weighted by Gasteiger charge is -1.94. The molecular formula is C11H8BrN3OS. The molecular weight excluding hydrogens is 302 g/mol. The molecule has 0 amide bonds. The summed E-state index contributed by atoms with van der Waals surface area (Å²) in [7, 11) is 0. The molecule has 0 bridgehead atoms. The van der Waals surface area contributed by atoms with Gasteiger partial charge in [0.2, 0.25) is 0 Å². The second kappa shape index (κ2) is 4.12. The summed E-state index contributed by atoms with van der Waals surface area (Å²) in [6.45, 7) is 0.511. The molecule has 3 heterocycles. The van der Waals surface area contributed by atoms with Crippen molar-refractivity contribution in [2.24, 2.45) is 0 Å². The van der Waals surface area contributed by atoms with Crippen molar-refractivity contribution in [1.82, 2.24) is 14.2 Å². The number of hydrogen-bond acceptors (Lipinski definition) is 3. The first-order valence-corrected chi connectivity index (χ1v) is 6.63. The summed E-state index contributed by atoms with van der Waals surface area (Å²) >= 11 is 5.01. The molecule has 0 radical (unpaired) electrons. The molecule has 6 heteroatoms. The van der Waals surface area contributed by atoms with Gasteiger partial charge in [-0.05, 0) is 40.2 Å². The zero-order chi connectivity index (χ0) is 11.8. The van der Waals surface area contributed by atoms with Gasteiger partial charge in [0.25, 0.3) is 0 Å². The monoisotopic (exact) mass is 309 g/mol. The van der Waals surface area contributed by atoms with E-state index in [0.29, 0.717) is 12.2 Å². The van der Waals surface area contributed by atoms with Gasteiger partial charge < -0.3 is 0 Å². The molecule has 0 unspecified atom stereocenters. The molecule has 4 nitrogen and oxygen atoms in total. The van der Waals surface area contributed by atoms with E-state index < -0.39 is 0 Å². The Morgan fingerprint density at radius 1 is 1.29 bits per heavy atom. The lowest BCUT2D eigenvalue weighted by atomic mass is 10.5. The molecule has 0 aliphatic rings. The quantitative estimate of drug-likeness (QED) is 0.729. The summed E-state index contributed by atoms with van der Waals surface area (Å²) in [5.74, 6) is 0. The fraction of sp³-hybridized carbons (Fsp3) is 0.0909. The van der Waals surface area contributed by atoms with Crippen molar-refractivity contribution < 1.29 is 0 Å². The number of aromatic nitrogens is 3. The molecule has 3 rings (SSSR count). The highest BCUT2D eigenvalue weighted by molar-refractivity contribution is 9.11. The van der Waals surface area contributed by atoms with Gasteiger partial charge in [0.15, 0.2) is 5.65 Å². The Bertz CT molecular complexity index is 727. The van der Waals surface area contributed by atoms with E-state index in [4.69, 9.17) is 0 Å². The summed E-state index contributed by atoms with van der Waals surface area (Å²) in [5.41, 5.74) is 0.568. The van der Waals surface area contributed by atoms with Crippen LogP contribution < -0.4 is 5.69 Å². The summed E-state index contributed by atoms with van der Waals surface area (Å²) in [5, 5.41) is 4.28. The smallest absolute Gasteiger partial charge is 0.250 e. The molecule has 0 fully saturated rings. The number of thiophene rings is 1. The van der Waals surface area contributed by atoms with Crippen LogP contribution in [-0.4, -0.2) is 14.2 Å². The predicted octanol–water partition coefficient (Wildman–Crippen LogP) is 2.37. The van der Waals surface area contributed by atoms with E-state index in [-0.39, 0.29) is 5.69 Å². The molecule has 0 aromatic carbocycles. The molecule has 0 aliphatic heterocycles. The van der Waals surface area contributed by atoms with Gasteiger partial charge >= 0.3 is 5.69 Å². The second-order valence-electron chi connectivity index (χ2n) is 3.57. The van der Waals surface area contributed by atoms with E-state index >= 15 is 0 Å². The summed E-state index contributed by atoms with van der Waals surface area (Å²) < 4.78 is 4.08. The number of rotatable bonds is 2. The number of halogens is 1. The van der Waals surface area contributed by atoms with Gasteiger partial charge in [-0.3, -0.25) is 4.40 Å². The fourth-order valence-electron chi connectivity index (χ4n) is 1.66. The third-order valence-corrected chi connectivity index (χ3v) is 4.03. The van der Waals surface area contributed by atoms with Crippen molar-refractivity contribution in [2.75, 3.05) is 0 Å². The van der Waals surface area contributed by atoms with Crippen molar-refractivity contribution in [3.63, 3.8) is 0 Å². The standard InChI is InChI=1S/C11H8BrN3OS/c12-9-5-4-8(17-9)7-15-11(16)14-6-2-1-3-10(14)13-15/h1-6H,7H2. The Labute approximate surface area is 109 Å². The van der Waals surface area contributed by atoms with Crippen LogP contribution in [0.3, 0.4) is 0 Å². The number of fused-ring (bicyclic) bond motifs is 1. The zero-order valence-electron chi connectivity index (χ0n) is 8.71. The van der Waals surface area contributed by atoms with Gasteiger partial charge in [0, 0.05) is 11.1 Å². The van der Waals surface area contributed by atoms with Crippen LogP contribution in [0.5, 0.6) is 0 Å². The SMILES string of the molecule is O=c1n(Cc2ccc(Br)s2)nc2ccccn12. The zero-order valence-corrected chi connectivity index (χ0v) is 11.1. The average molecular weight is 310 g/mol. The molecule has 0 saturated carbocycles. The van der Waals surface area contributed by atoms with Gasteiger partial charge in [0.05, 0.1) is 10.3 Å². The highest BCUT2D eigenvalue weighted by Gasteiger charge is 2.07. The van der Waals surface area contributed by atoms with E-state index in [0.717, 1.165) is 8.66 Å². The first-order chi connectivity index (χ1) is 8.24. The minimum absolute atomic E-state index is 0.106. The van der Waals surface area contributed by atoms with Crippen LogP contribution in [0.25, 0.3) is 5.65 Å². The summed E-state index contributed by atoms with van der Waals surface area (Å²) in [6.07, 6.45) is 1.73. The number of hydrogen-bond donors (Lipinski definition) is 0. The van der Waals surface area contributed by atoms with E-state index in [1.54, 1.807) is 21.9 Å². The molecule has 3 aromatic heterocycles. The predicted molar refractivity (Wildman–Crippen MR) is 70.6 cm³/mol. The van der Waals surface area contributed by atoms with Crippen molar-refractivity contribution >= 4 is 32.9 Å². The molecule has 0 N–H and O–H groups in total. The summed E-state index contributed by atoms with van der Waals surface area (Å²) in [4.78, 5) is 13.1. The number of nitrogens with zero attached hydrogens (tertiary/aromatic N) is 3. The van der Waals surface area contributed by atoms with Crippen LogP contribution >= 0.6 is 27.3 Å². The highest BCUT2D eigenvalue weighted by atomic mass is 79.9. The first kappa shape index (κ1) is 10.7. The van der Waals surface area contributed by atoms with Crippen LogP contribution in [-0.2, 0) is 6.54 Å². The van der Waals surface area contributed by atoms with E-state index in [2.05, 4.69) is 21.0 Å². The lowest BCUT2D eigenvalue weighted by Crippen LogP contribution is -2.21. The molecule has 0 spiro atoms. The van der Waals surface area contributed by atoms with Crippen LogP contribution in [0.4, 0.5) is 0 Å². The Morgan fingerprint density at radius 3 is 2.88 bits per heavy atom. The van der Waals surface area contributed by atoms with E-state index in [9.17, 15) is 4.79 Å². The van der Waals surface area contributed by atoms with Gasteiger partial charge in [-0.2, -0.15) is 0 Å². The molecule has 0 aliphatic carbocycles. The highest BCUT2D eigenvalue weighted by Crippen LogP contribution is 2.22. The first-order valence-electron chi connectivity index (χ1n) is 5.02. The maximum atomic E-state index is 12.0. The topological polar surface area (TPSA) is 39.3 Å². The Morgan fingerprint density at radius 2 is 2.18 bits per heavy atom. The minimum atomic E-state index is -0.106. The van der Waals surface area contributed by atoms with E-state index in [1.807, 2.05) is 30.3 Å². The number of pyridine rings is 1. The molecule has 86 valence electrons. The van der Waals surface area contributed by atoms with Crippen LogP contribution in [0.2, 0.25) is 0 Å². The van der Waals surface area contributed by atoms with Crippen molar-refractivity contribution in [3.8, 4) is 0 Å². The molecule has 0 saturated heterocycles. The van der Waals surface area contributed by atoms with Crippen molar-refractivity contribution in [3.05, 3.63) is 55.7 Å². The van der Waals surface area contributed by atoms with Gasteiger partial charge in [-0.1, -0.05) is 6.07 Å². The second-order valence-corrected chi connectivity index (χ2v) is 6.12. The normalized spacial score (nSPS) is 11.1. The Balaban J connectivity index is 2.06. The van der Waals surface area contributed by atoms with Crippen LogP contribution in [0, 0.1) is 0 Å². The maximum absolute atomic E-state index is 12.0. The molecule has 0 atom stereocenters. The van der Waals surface area contributed by atoms with Crippen molar-refractivity contribution in [2.45, 2.75) is 6.54 Å². The third-order valence-electron chi connectivity index (χ3n) is 2.42. The van der Waals surface area contributed by atoms with Crippen LogP contribution in [0.1, 0.15) is 4.88 Å². The Kier molecular flexibility index (Phi) is 2.60. The van der Waals surface area contributed by atoms with Gasteiger partial charge in [0.1, 0.15) is 0 Å². The maximum Gasteiger partial charge on any atom is 0.350 e. The van der Waals surface area contributed by atoms with Gasteiger partial charge in [-0.15, -0.1) is 16.4 Å². The summed E-state index contributed by atoms with van der Waals surface area (Å²) in [6, 6.07) is 9.48. The third kappa shape index (κ3) is 1.94. The Hall–Kier alpha value is -1.40.